The Balaban J connectivity index is 2.57. The molecule has 0 spiro atoms. The van der Waals surface area contributed by atoms with Crippen molar-refractivity contribution in [2.45, 2.75) is 75.8 Å². The summed E-state index contributed by atoms with van der Waals surface area (Å²) in [5.41, 5.74) is 0. The summed E-state index contributed by atoms with van der Waals surface area (Å²) in [5.74, 6) is 2.96. The fourth-order valence-electron chi connectivity index (χ4n) is 2.52. The second-order valence-corrected chi connectivity index (χ2v) is 13.6. The van der Waals surface area contributed by atoms with Crippen molar-refractivity contribution in [3.63, 3.8) is 0 Å². The van der Waals surface area contributed by atoms with Crippen LogP contribution in [0, 0.1) is 11.8 Å². The second-order valence-electron chi connectivity index (χ2n) is 8.54. The molecule has 0 aliphatic carbocycles. The quantitative estimate of drug-likeness (QED) is 0.255. The van der Waals surface area contributed by atoms with Gasteiger partial charge in [0.1, 0.15) is 24.4 Å². The van der Waals surface area contributed by atoms with Crippen LogP contribution in [0.5, 0.6) is 0 Å². The third-order valence-corrected chi connectivity index (χ3v) is 9.96. The molecule has 0 aromatic rings. The third-order valence-electron chi connectivity index (χ3n) is 5.33. The first kappa shape index (κ1) is 27.2. The minimum absolute atomic E-state index is 0.0138. The first-order chi connectivity index (χ1) is 13.7. The molecule has 1 rings (SSSR count). The smallest absolute Gasteiger partial charge is 0.414 e. The number of carbonyl (C=O) groups is 1. The maximum Gasteiger partial charge on any atom is 0.471 e. The van der Waals surface area contributed by atoms with E-state index in [9.17, 15) is 22.4 Å². The number of halogens is 5. The van der Waals surface area contributed by atoms with Crippen molar-refractivity contribution >= 4 is 33.1 Å². The van der Waals surface area contributed by atoms with Crippen LogP contribution in [0.4, 0.5) is 17.6 Å². The van der Waals surface area contributed by atoms with Crippen LogP contribution >= 0.6 is 11.6 Å². The molecule has 4 atom stereocenters. The van der Waals surface area contributed by atoms with Crippen molar-refractivity contribution in [2.75, 3.05) is 19.2 Å². The van der Waals surface area contributed by atoms with Crippen LogP contribution in [0.15, 0.2) is 0 Å². The zero-order valence-corrected chi connectivity index (χ0v) is 19.6. The third kappa shape index (κ3) is 8.04. The molecule has 1 N–H and O–H groups in total. The first-order valence-electron chi connectivity index (χ1n) is 9.62. The van der Waals surface area contributed by atoms with E-state index in [1.807, 2.05) is 0 Å². The number of ether oxygens (including phenoxy) is 2. The Kier molecular flexibility index (Phi) is 10.2. The van der Waals surface area contributed by atoms with Gasteiger partial charge in [-0.05, 0) is 24.5 Å². The number of carbonyl (C=O) groups excluding carboxylic acids is 1. The topological polar surface area (TPSA) is 56.8 Å². The molecular formula is C18H29BClF4NO4Si. The monoisotopic (exact) mass is 473 g/mol. The molecule has 1 aliphatic rings. The Bertz CT molecular complexity index is 636. The maximum atomic E-state index is 14.8. The highest BCUT2D eigenvalue weighted by Crippen LogP contribution is 2.37. The molecule has 1 aliphatic heterocycles. The van der Waals surface area contributed by atoms with Crippen molar-refractivity contribution in [1.29, 1.82) is 0 Å². The molecule has 0 bridgehead atoms. The van der Waals surface area contributed by atoms with E-state index in [2.05, 4.69) is 45.7 Å². The van der Waals surface area contributed by atoms with Crippen molar-refractivity contribution < 1.29 is 36.3 Å². The molecule has 0 radical (unpaired) electrons. The fourth-order valence-corrected chi connectivity index (χ4v) is 3.68. The average Bonchev–Trinajstić information content (AvgIpc) is 2.90. The van der Waals surface area contributed by atoms with Gasteiger partial charge < -0.3 is 19.2 Å². The first-order valence-corrected chi connectivity index (χ1v) is 13.1. The molecule has 1 heterocycles. The van der Waals surface area contributed by atoms with Gasteiger partial charge in [0.05, 0.1) is 19.2 Å². The summed E-state index contributed by atoms with van der Waals surface area (Å²) in [5, 5.41) is 1.63. The van der Waals surface area contributed by atoms with E-state index in [4.69, 9.17) is 25.5 Å². The summed E-state index contributed by atoms with van der Waals surface area (Å²) >= 11 is 5.63. The van der Waals surface area contributed by atoms with Gasteiger partial charge in [-0.25, -0.2) is 4.39 Å². The summed E-state index contributed by atoms with van der Waals surface area (Å²) in [6.45, 7) is 10.2. The van der Waals surface area contributed by atoms with Gasteiger partial charge in [0.25, 0.3) is 0 Å². The van der Waals surface area contributed by atoms with Crippen molar-refractivity contribution in [3.8, 4) is 11.8 Å². The Morgan fingerprint density at radius 3 is 2.43 bits per heavy atom. The molecule has 5 nitrogen and oxygen atoms in total. The number of alkyl halides is 5. The average molecular weight is 474 g/mol. The SMILES string of the molecule is CC(C)(C)[Si](C)(C)OC[C@H]1O[C@@H](BCC#CCNC(=O)C(F)(F)F)C(F)C1OCCl. The number of nitrogens with one attached hydrogen (secondary N) is 1. The molecule has 30 heavy (non-hydrogen) atoms. The van der Waals surface area contributed by atoms with E-state index in [0.717, 1.165) is 0 Å². The van der Waals surface area contributed by atoms with E-state index in [-0.39, 0.29) is 31.3 Å². The van der Waals surface area contributed by atoms with Gasteiger partial charge in [-0.1, -0.05) is 38.3 Å². The Labute approximate surface area is 181 Å². The van der Waals surface area contributed by atoms with E-state index >= 15 is 0 Å². The molecule has 1 saturated heterocycles. The van der Waals surface area contributed by atoms with Gasteiger partial charge in [0, 0.05) is 0 Å². The van der Waals surface area contributed by atoms with Gasteiger partial charge in [-0.15, -0.1) is 5.92 Å². The summed E-state index contributed by atoms with van der Waals surface area (Å²) < 4.78 is 68.2. The lowest BCUT2D eigenvalue weighted by molar-refractivity contribution is -0.173. The van der Waals surface area contributed by atoms with Crippen molar-refractivity contribution in [3.05, 3.63) is 0 Å². The Morgan fingerprint density at radius 1 is 1.27 bits per heavy atom. The summed E-state index contributed by atoms with van der Waals surface area (Å²) in [6, 6.07) is -0.971. The molecule has 0 aromatic carbocycles. The van der Waals surface area contributed by atoms with Crippen LogP contribution in [0.25, 0.3) is 0 Å². The van der Waals surface area contributed by atoms with Gasteiger partial charge >= 0.3 is 12.1 Å². The van der Waals surface area contributed by atoms with Gasteiger partial charge in [0.2, 0.25) is 0 Å². The molecular weight excluding hydrogens is 445 g/mol. The molecule has 1 amide bonds. The molecule has 1 fully saturated rings. The van der Waals surface area contributed by atoms with E-state index < -0.39 is 51.3 Å². The minimum atomic E-state index is -4.94. The second kappa shape index (κ2) is 11.2. The zero-order chi connectivity index (χ0) is 23.2. The number of hydrogen-bond donors (Lipinski definition) is 1. The number of hydrogen-bond acceptors (Lipinski definition) is 4. The lowest BCUT2D eigenvalue weighted by Gasteiger charge is -2.37. The largest absolute Gasteiger partial charge is 0.471 e. The molecule has 0 aromatic heterocycles. The highest BCUT2D eigenvalue weighted by Gasteiger charge is 2.47. The molecule has 12 heteroatoms. The maximum absolute atomic E-state index is 14.8. The Hall–Kier alpha value is -0.798. The lowest BCUT2D eigenvalue weighted by Crippen LogP contribution is -2.44. The zero-order valence-electron chi connectivity index (χ0n) is 17.9. The van der Waals surface area contributed by atoms with Crippen molar-refractivity contribution in [1.82, 2.24) is 5.32 Å². The fraction of sp³-hybridized carbons (Fsp3) is 0.833. The molecule has 2 unspecified atom stereocenters. The Morgan fingerprint density at radius 2 is 1.90 bits per heavy atom. The summed E-state index contributed by atoms with van der Waals surface area (Å²) in [4.78, 5) is 10.7. The van der Waals surface area contributed by atoms with Crippen molar-refractivity contribution in [2.24, 2.45) is 0 Å². The number of rotatable bonds is 8. The predicted molar refractivity (Wildman–Crippen MR) is 111 cm³/mol. The van der Waals surface area contributed by atoms with E-state index in [1.54, 1.807) is 5.32 Å². The standard InChI is InChI=1S/C18H29BClF4NO4Si/c1-17(2,3)30(4,5)28-10-12-14(27-11-20)13(21)15(29-12)19-8-6-7-9-25-16(26)18(22,23)24/h12-15,19H,8-11H2,1-5H3,(H,25,26)/t12-,13?,14?,15-/m1/s1. The van der Waals surface area contributed by atoms with Crippen LogP contribution in [0.3, 0.4) is 0 Å². The highest BCUT2D eigenvalue weighted by atomic mass is 35.5. The van der Waals surface area contributed by atoms with Crippen LogP contribution in [-0.4, -0.2) is 71.3 Å². The van der Waals surface area contributed by atoms with E-state index in [0.29, 0.717) is 0 Å². The van der Waals surface area contributed by atoms with Crippen LogP contribution in [0.1, 0.15) is 20.8 Å². The molecule has 0 saturated carbocycles. The normalized spacial score (nSPS) is 24.9. The molecule has 172 valence electrons. The number of amides is 1. The van der Waals surface area contributed by atoms with Gasteiger partial charge in [-0.3, -0.25) is 4.79 Å². The van der Waals surface area contributed by atoms with Crippen LogP contribution < -0.4 is 5.32 Å². The van der Waals surface area contributed by atoms with Gasteiger partial charge in [0.15, 0.2) is 15.6 Å². The van der Waals surface area contributed by atoms with Crippen LogP contribution in [0.2, 0.25) is 24.5 Å². The van der Waals surface area contributed by atoms with Gasteiger partial charge in [-0.2, -0.15) is 13.2 Å². The van der Waals surface area contributed by atoms with Crippen LogP contribution in [-0.2, 0) is 18.7 Å². The predicted octanol–water partition coefficient (Wildman–Crippen LogP) is 3.19. The summed E-state index contributed by atoms with van der Waals surface area (Å²) in [6.07, 6.45) is -7.66. The summed E-state index contributed by atoms with van der Waals surface area (Å²) in [7, 11) is -1.84. The highest BCUT2D eigenvalue weighted by molar-refractivity contribution is 6.74. The lowest BCUT2D eigenvalue weighted by atomic mass is 9.66. The minimum Gasteiger partial charge on any atom is -0.414 e. The van der Waals surface area contributed by atoms with E-state index in [1.165, 1.54) is 0 Å².